The topological polar surface area (TPSA) is 74.5 Å². The van der Waals surface area contributed by atoms with Crippen molar-refractivity contribution >= 4 is 11.6 Å². The second-order valence-corrected chi connectivity index (χ2v) is 4.78. The van der Waals surface area contributed by atoms with E-state index < -0.39 is 17.5 Å². The van der Waals surface area contributed by atoms with Gasteiger partial charge in [0.2, 0.25) is 0 Å². The number of benzene rings is 2. The molecule has 122 valence electrons. The van der Waals surface area contributed by atoms with Gasteiger partial charge >= 0.3 is 0 Å². The molecule has 0 atom stereocenters. The summed E-state index contributed by atoms with van der Waals surface area (Å²) >= 11 is 0. The van der Waals surface area contributed by atoms with Crippen molar-refractivity contribution < 1.29 is 18.3 Å². The Labute approximate surface area is 137 Å². The number of carbonyl (C=O) groups excluding carboxylic acids is 1. The molecule has 0 aromatic heterocycles. The van der Waals surface area contributed by atoms with Gasteiger partial charge in [0.25, 0.3) is 5.91 Å². The highest BCUT2D eigenvalue weighted by atomic mass is 19.1. The van der Waals surface area contributed by atoms with Crippen LogP contribution in [0.25, 0.3) is 0 Å². The number of hydrogen-bond acceptors (Lipinski definition) is 4. The predicted molar refractivity (Wildman–Crippen MR) is 83.4 cm³/mol. The zero-order valence-corrected chi connectivity index (χ0v) is 12.7. The van der Waals surface area contributed by atoms with E-state index in [1.54, 1.807) is 24.3 Å². The van der Waals surface area contributed by atoms with Gasteiger partial charge in [0.15, 0.2) is 6.61 Å². The Morgan fingerprint density at radius 1 is 1.25 bits per heavy atom. The molecule has 2 rings (SSSR count). The molecule has 0 aliphatic heterocycles. The van der Waals surface area contributed by atoms with Crippen molar-refractivity contribution in [1.29, 1.82) is 5.26 Å². The minimum absolute atomic E-state index is 0.0386. The van der Waals surface area contributed by atoms with Crippen molar-refractivity contribution in [3.63, 3.8) is 0 Å². The van der Waals surface area contributed by atoms with E-state index in [0.29, 0.717) is 11.3 Å². The molecule has 0 heterocycles. The first-order valence-electron chi connectivity index (χ1n) is 6.91. The van der Waals surface area contributed by atoms with Gasteiger partial charge in [0.05, 0.1) is 17.3 Å². The number of nitrogens with one attached hydrogen (secondary N) is 1. The van der Waals surface area contributed by atoms with Crippen molar-refractivity contribution in [2.45, 2.75) is 6.92 Å². The number of amides is 1. The molecular weight excluding hydrogens is 316 g/mol. The molecule has 0 saturated heterocycles. The van der Waals surface area contributed by atoms with Crippen molar-refractivity contribution in [2.75, 3.05) is 6.61 Å². The number of carbonyl (C=O) groups is 1. The molecule has 0 aliphatic rings. The third-order valence-corrected chi connectivity index (χ3v) is 3.02. The second-order valence-electron chi connectivity index (χ2n) is 4.78. The summed E-state index contributed by atoms with van der Waals surface area (Å²) in [7, 11) is 0. The summed E-state index contributed by atoms with van der Waals surface area (Å²) in [6.07, 6.45) is 0. The highest BCUT2D eigenvalue weighted by Gasteiger charge is 2.08. The number of nitrogens with zero attached hydrogens (tertiary/aromatic N) is 2. The molecule has 0 saturated carbocycles. The average Bonchev–Trinajstić information content (AvgIpc) is 2.60. The molecule has 0 radical (unpaired) electrons. The Morgan fingerprint density at radius 2 is 1.96 bits per heavy atom. The van der Waals surface area contributed by atoms with E-state index in [-0.39, 0.29) is 17.9 Å². The van der Waals surface area contributed by atoms with Crippen molar-refractivity contribution in [3.8, 4) is 11.8 Å². The minimum Gasteiger partial charge on any atom is -0.484 e. The number of hydrazone groups is 1. The first-order chi connectivity index (χ1) is 11.5. The SMILES string of the molecule is C/C(=N/NC(=O)COc1ccc(C#N)cc1)c1cc(F)ccc1F. The number of rotatable bonds is 5. The first-order valence-corrected chi connectivity index (χ1v) is 6.91. The Balaban J connectivity index is 1.92. The van der Waals surface area contributed by atoms with E-state index in [1.807, 2.05) is 6.07 Å². The third-order valence-electron chi connectivity index (χ3n) is 3.02. The molecular formula is C17H13F2N3O2. The van der Waals surface area contributed by atoms with Gasteiger partial charge in [-0.3, -0.25) is 4.79 Å². The predicted octanol–water partition coefficient (Wildman–Crippen LogP) is 2.76. The molecule has 2 aromatic carbocycles. The quantitative estimate of drug-likeness (QED) is 0.677. The monoisotopic (exact) mass is 329 g/mol. The molecule has 2 aromatic rings. The molecule has 0 unspecified atom stereocenters. The molecule has 7 heteroatoms. The van der Waals surface area contributed by atoms with Crippen LogP contribution < -0.4 is 10.2 Å². The lowest BCUT2D eigenvalue weighted by Crippen LogP contribution is -2.25. The lowest BCUT2D eigenvalue weighted by molar-refractivity contribution is -0.123. The molecule has 0 spiro atoms. The molecule has 5 nitrogen and oxygen atoms in total. The van der Waals surface area contributed by atoms with Crippen LogP contribution in [-0.4, -0.2) is 18.2 Å². The fraction of sp³-hybridized carbons (Fsp3) is 0.118. The summed E-state index contributed by atoms with van der Waals surface area (Å²) in [4.78, 5) is 11.7. The average molecular weight is 329 g/mol. The van der Waals surface area contributed by atoms with Gasteiger partial charge in [-0.05, 0) is 49.4 Å². The maximum absolute atomic E-state index is 13.6. The molecule has 0 bridgehead atoms. The fourth-order valence-corrected chi connectivity index (χ4v) is 1.79. The second kappa shape index (κ2) is 7.83. The van der Waals surface area contributed by atoms with Gasteiger partial charge in [-0.2, -0.15) is 10.4 Å². The Hall–Kier alpha value is -3.27. The van der Waals surface area contributed by atoms with Crippen LogP contribution in [-0.2, 0) is 4.79 Å². The van der Waals surface area contributed by atoms with E-state index in [0.717, 1.165) is 18.2 Å². The van der Waals surface area contributed by atoms with E-state index in [1.165, 1.54) is 6.92 Å². The van der Waals surface area contributed by atoms with Crippen molar-refractivity contribution in [2.24, 2.45) is 5.10 Å². The van der Waals surface area contributed by atoms with E-state index in [2.05, 4.69) is 10.5 Å². The molecule has 1 amide bonds. The maximum atomic E-state index is 13.6. The third kappa shape index (κ3) is 4.61. The fourth-order valence-electron chi connectivity index (χ4n) is 1.79. The van der Waals surface area contributed by atoms with Crippen molar-refractivity contribution in [1.82, 2.24) is 5.43 Å². The zero-order valence-electron chi connectivity index (χ0n) is 12.7. The van der Waals surface area contributed by atoms with Gasteiger partial charge < -0.3 is 4.74 Å². The molecule has 1 N–H and O–H groups in total. The number of halogens is 2. The summed E-state index contributed by atoms with van der Waals surface area (Å²) in [5, 5.41) is 12.4. The van der Waals surface area contributed by atoms with Crippen LogP contribution in [0.3, 0.4) is 0 Å². The smallest absolute Gasteiger partial charge is 0.277 e. The molecule has 0 aliphatic carbocycles. The number of nitriles is 1. The van der Waals surface area contributed by atoms with Crippen LogP contribution >= 0.6 is 0 Å². The van der Waals surface area contributed by atoms with E-state index in [4.69, 9.17) is 10.00 Å². The number of ether oxygens (including phenoxy) is 1. The van der Waals surface area contributed by atoms with Gasteiger partial charge in [-0.1, -0.05) is 0 Å². The lowest BCUT2D eigenvalue weighted by atomic mass is 10.1. The van der Waals surface area contributed by atoms with Gasteiger partial charge in [-0.15, -0.1) is 0 Å². The largest absolute Gasteiger partial charge is 0.484 e. The minimum atomic E-state index is -0.638. The standard InChI is InChI=1S/C17H13F2N3O2/c1-11(15-8-13(18)4-7-16(15)19)21-22-17(23)10-24-14-5-2-12(9-20)3-6-14/h2-8H,10H2,1H3,(H,22,23)/b21-11-. The van der Waals surface area contributed by atoms with Crippen LogP contribution in [0, 0.1) is 23.0 Å². The number of hydrogen-bond donors (Lipinski definition) is 1. The van der Waals surface area contributed by atoms with Gasteiger partial charge in [0.1, 0.15) is 17.4 Å². The highest BCUT2D eigenvalue weighted by Crippen LogP contribution is 2.12. The summed E-state index contributed by atoms with van der Waals surface area (Å²) in [5.41, 5.74) is 2.76. The van der Waals surface area contributed by atoms with Crippen molar-refractivity contribution in [3.05, 3.63) is 65.2 Å². The molecule has 0 fully saturated rings. The Bertz CT molecular complexity index is 812. The summed E-state index contributed by atoms with van der Waals surface area (Å²) in [6.45, 7) is 1.13. The van der Waals surface area contributed by atoms with Crippen LogP contribution in [0.15, 0.2) is 47.6 Å². The van der Waals surface area contributed by atoms with Crippen LogP contribution in [0.5, 0.6) is 5.75 Å². The molecule has 24 heavy (non-hydrogen) atoms. The van der Waals surface area contributed by atoms with Gasteiger partial charge in [0, 0.05) is 5.56 Å². The maximum Gasteiger partial charge on any atom is 0.277 e. The highest BCUT2D eigenvalue weighted by molar-refractivity contribution is 5.99. The van der Waals surface area contributed by atoms with Crippen LogP contribution in [0.4, 0.5) is 8.78 Å². The Morgan fingerprint density at radius 3 is 2.62 bits per heavy atom. The normalized spacial score (nSPS) is 10.8. The summed E-state index contributed by atoms with van der Waals surface area (Å²) < 4.78 is 31.9. The summed E-state index contributed by atoms with van der Waals surface area (Å²) in [5.74, 6) is -1.38. The lowest BCUT2D eigenvalue weighted by Gasteiger charge is -2.06. The Kier molecular flexibility index (Phi) is 5.58. The van der Waals surface area contributed by atoms with E-state index >= 15 is 0 Å². The van der Waals surface area contributed by atoms with Crippen LogP contribution in [0.1, 0.15) is 18.1 Å². The first kappa shape index (κ1) is 17.1. The summed E-state index contributed by atoms with van der Waals surface area (Å²) in [6, 6.07) is 11.2. The zero-order chi connectivity index (χ0) is 17.5. The van der Waals surface area contributed by atoms with E-state index in [9.17, 15) is 13.6 Å². The van der Waals surface area contributed by atoms with Crippen LogP contribution in [0.2, 0.25) is 0 Å². The van der Waals surface area contributed by atoms with Gasteiger partial charge in [-0.25, -0.2) is 14.2 Å².